The molecule has 0 spiro atoms. The van der Waals surface area contributed by atoms with Crippen molar-refractivity contribution >= 4 is 34.8 Å². The molecule has 0 heterocycles. The van der Waals surface area contributed by atoms with Crippen LogP contribution in [0.15, 0.2) is 48.5 Å². The van der Waals surface area contributed by atoms with Crippen LogP contribution in [0.3, 0.4) is 0 Å². The lowest BCUT2D eigenvalue weighted by Crippen LogP contribution is -2.43. The fourth-order valence-electron chi connectivity index (χ4n) is 2.08. The van der Waals surface area contributed by atoms with Crippen molar-refractivity contribution in [1.29, 1.82) is 0 Å². The quantitative estimate of drug-likeness (QED) is 0.827. The molecule has 25 heavy (non-hydrogen) atoms. The fraction of sp³-hybridized carbons (Fsp3) is 0.222. The summed E-state index contributed by atoms with van der Waals surface area (Å²) in [4.78, 5) is 25.9. The zero-order chi connectivity index (χ0) is 18.4. The summed E-state index contributed by atoms with van der Waals surface area (Å²) in [6.45, 7) is 1.73. The number of hydrogen-bond donors (Lipinski definition) is 2. The summed E-state index contributed by atoms with van der Waals surface area (Å²) in [6.07, 6.45) is 0. The SMILES string of the molecule is C[C@H](C(=O)Nc1ccc(Cl)cc1)N(C)CC(=O)Nc1ccc(F)cc1. The number of carbonyl (C=O) groups excluding carboxylic acids is 2. The van der Waals surface area contributed by atoms with Crippen LogP contribution in [0.1, 0.15) is 6.92 Å². The summed E-state index contributed by atoms with van der Waals surface area (Å²) >= 11 is 5.81. The fourth-order valence-corrected chi connectivity index (χ4v) is 2.20. The molecule has 0 bridgehead atoms. The number of carbonyl (C=O) groups is 2. The van der Waals surface area contributed by atoms with Gasteiger partial charge < -0.3 is 10.6 Å². The highest BCUT2D eigenvalue weighted by molar-refractivity contribution is 6.30. The number of rotatable bonds is 6. The summed E-state index contributed by atoms with van der Waals surface area (Å²) in [5.41, 5.74) is 1.13. The number of benzene rings is 2. The molecule has 0 radical (unpaired) electrons. The van der Waals surface area contributed by atoms with Gasteiger partial charge >= 0.3 is 0 Å². The van der Waals surface area contributed by atoms with Gasteiger partial charge in [-0.05, 0) is 62.5 Å². The molecule has 7 heteroatoms. The Hall–Kier alpha value is -2.44. The van der Waals surface area contributed by atoms with Gasteiger partial charge in [-0.1, -0.05) is 11.6 Å². The molecule has 2 aromatic carbocycles. The van der Waals surface area contributed by atoms with Crippen LogP contribution in [-0.2, 0) is 9.59 Å². The molecule has 2 rings (SSSR count). The van der Waals surface area contributed by atoms with Crippen molar-refractivity contribution < 1.29 is 14.0 Å². The predicted molar refractivity (Wildman–Crippen MR) is 97.2 cm³/mol. The molecule has 0 aliphatic heterocycles. The summed E-state index contributed by atoms with van der Waals surface area (Å²) in [6, 6.07) is 11.7. The summed E-state index contributed by atoms with van der Waals surface area (Å²) in [7, 11) is 1.68. The van der Waals surface area contributed by atoms with Gasteiger partial charge in [0.1, 0.15) is 5.82 Å². The first-order chi connectivity index (χ1) is 11.8. The third-order valence-corrected chi connectivity index (χ3v) is 3.93. The molecule has 0 unspecified atom stereocenters. The van der Waals surface area contributed by atoms with E-state index in [0.29, 0.717) is 16.4 Å². The molecule has 0 aliphatic rings. The molecular formula is C18H19ClFN3O2. The Morgan fingerprint density at radius 2 is 1.56 bits per heavy atom. The topological polar surface area (TPSA) is 61.4 Å². The minimum atomic E-state index is -0.519. The Balaban J connectivity index is 1.86. The monoisotopic (exact) mass is 363 g/mol. The van der Waals surface area contributed by atoms with E-state index >= 15 is 0 Å². The van der Waals surface area contributed by atoms with Gasteiger partial charge in [-0.25, -0.2) is 4.39 Å². The van der Waals surface area contributed by atoms with Crippen molar-refractivity contribution in [3.05, 3.63) is 59.4 Å². The van der Waals surface area contributed by atoms with Crippen LogP contribution in [0, 0.1) is 5.82 Å². The van der Waals surface area contributed by atoms with E-state index in [1.807, 2.05) is 0 Å². The molecule has 0 aliphatic carbocycles. The second-order valence-electron chi connectivity index (χ2n) is 5.64. The third-order valence-electron chi connectivity index (χ3n) is 3.67. The summed E-state index contributed by atoms with van der Waals surface area (Å²) < 4.78 is 12.9. The molecule has 0 saturated carbocycles. The molecule has 0 saturated heterocycles. The number of likely N-dealkylation sites (N-methyl/N-ethyl adjacent to an activating group) is 1. The first kappa shape index (κ1) is 18.9. The Morgan fingerprint density at radius 3 is 2.16 bits per heavy atom. The first-order valence-electron chi connectivity index (χ1n) is 7.67. The number of anilines is 2. The number of amides is 2. The highest BCUT2D eigenvalue weighted by Gasteiger charge is 2.20. The minimum Gasteiger partial charge on any atom is -0.325 e. The van der Waals surface area contributed by atoms with E-state index in [-0.39, 0.29) is 24.2 Å². The minimum absolute atomic E-state index is 0.0204. The first-order valence-corrected chi connectivity index (χ1v) is 8.05. The maximum absolute atomic E-state index is 12.9. The van der Waals surface area contributed by atoms with Crippen molar-refractivity contribution in [2.75, 3.05) is 24.2 Å². The maximum atomic E-state index is 12.9. The van der Waals surface area contributed by atoms with E-state index < -0.39 is 6.04 Å². The Morgan fingerprint density at radius 1 is 1.04 bits per heavy atom. The zero-order valence-electron chi connectivity index (χ0n) is 13.9. The van der Waals surface area contributed by atoms with Gasteiger partial charge in [0.25, 0.3) is 0 Å². The van der Waals surface area contributed by atoms with Gasteiger partial charge in [-0.15, -0.1) is 0 Å². The highest BCUT2D eigenvalue weighted by Crippen LogP contribution is 2.14. The zero-order valence-corrected chi connectivity index (χ0v) is 14.7. The van der Waals surface area contributed by atoms with Crippen molar-refractivity contribution in [2.24, 2.45) is 0 Å². The van der Waals surface area contributed by atoms with E-state index in [2.05, 4.69) is 10.6 Å². The van der Waals surface area contributed by atoms with Crippen LogP contribution in [0.5, 0.6) is 0 Å². The van der Waals surface area contributed by atoms with Crippen molar-refractivity contribution in [1.82, 2.24) is 4.90 Å². The summed E-state index contributed by atoms with van der Waals surface area (Å²) in [5, 5.41) is 6.01. The lowest BCUT2D eigenvalue weighted by molar-refractivity contribution is -0.122. The van der Waals surface area contributed by atoms with Gasteiger partial charge in [-0.3, -0.25) is 14.5 Å². The number of nitrogens with one attached hydrogen (secondary N) is 2. The number of nitrogens with zero attached hydrogens (tertiary/aromatic N) is 1. The Bertz CT molecular complexity index is 735. The van der Waals surface area contributed by atoms with E-state index in [9.17, 15) is 14.0 Å². The lowest BCUT2D eigenvalue weighted by Gasteiger charge is -2.23. The van der Waals surface area contributed by atoms with Crippen LogP contribution < -0.4 is 10.6 Å². The Labute approximate surface area is 150 Å². The van der Waals surface area contributed by atoms with Crippen molar-refractivity contribution in [3.8, 4) is 0 Å². The van der Waals surface area contributed by atoms with E-state index in [0.717, 1.165) is 0 Å². The molecule has 2 N–H and O–H groups in total. The number of hydrogen-bond acceptors (Lipinski definition) is 3. The van der Waals surface area contributed by atoms with Crippen molar-refractivity contribution in [2.45, 2.75) is 13.0 Å². The van der Waals surface area contributed by atoms with Gasteiger partial charge in [0.2, 0.25) is 11.8 Å². The molecule has 5 nitrogen and oxygen atoms in total. The molecule has 0 aromatic heterocycles. The van der Waals surface area contributed by atoms with Crippen LogP contribution in [0.4, 0.5) is 15.8 Å². The van der Waals surface area contributed by atoms with Crippen LogP contribution in [-0.4, -0.2) is 36.3 Å². The van der Waals surface area contributed by atoms with Gasteiger partial charge in [0.05, 0.1) is 12.6 Å². The van der Waals surface area contributed by atoms with Gasteiger partial charge in [0.15, 0.2) is 0 Å². The second kappa shape index (κ2) is 8.60. The van der Waals surface area contributed by atoms with Gasteiger partial charge in [0, 0.05) is 16.4 Å². The van der Waals surface area contributed by atoms with Crippen LogP contribution >= 0.6 is 11.6 Å². The van der Waals surface area contributed by atoms with Gasteiger partial charge in [-0.2, -0.15) is 0 Å². The average molecular weight is 364 g/mol. The second-order valence-corrected chi connectivity index (χ2v) is 6.08. The van der Waals surface area contributed by atoms with Crippen LogP contribution in [0.2, 0.25) is 5.02 Å². The van der Waals surface area contributed by atoms with E-state index in [4.69, 9.17) is 11.6 Å². The van der Waals surface area contributed by atoms with Crippen LogP contribution in [0.25, 0.3) is 0 Å². The largest absolute Gasteiger partial charge is 0.325 e. The summed E-state index contributed by atoms with van der Waals surface area (Å²) in [5.74, 6) is -0.901. The molecule has 2 amide bonds. The highest BCUT2D eigenvalue weighted by atomic mass is 35.5. The lowest BCUT2D eigenvalue weighted by atomic mass is 10.2. The maximum Gasteiger partial charge on any atom is 0.241 e. The van der Waals surface area contributed by atoms with E-state index in [1.54, 1.807) is 43.1 Å². The normalized spacial score (nSPS) is 11.9. The molecule has 132 valence electrons. The third kappa shape index (κ3) is 5.85. The predicted octanol–water partition coefficient (Wildman–Crippen LogP) is 3.38. The smallest absolute Gasteiger partial charge is 0.241 e. The molecule has 0 fully saturated rings. The van der Waals surface area contributed by atoms with E-state index in [1.165, 1.54) is 24.3 Å². The van der Waals surface area contributed by atoms with Crippen molar-refractivity contribution in [3.63, 3.8) is 0 Å². The average Bonchev–Trinajstić information content (AvgIpc) is 2.58. The number of halogens is 2. The molecule has 2 aromatic rings. The Kier molecular flexibility index (Phi) is 6.50. The molecule has 1 atom stereocenters. The standard InChI is InChI=1S/C18H19ClFN3O2/c1-12(18(25)22-16-7-3-13(19)4-8-16)23(2)11-17(24)21-15-9-5-14(20)6-10-15/h3-10,12H,11H2,1-2H3,(H,21,24)(H,22,25)/t12-/m1/s1. The molecular weight excluding hydrogens is 345 g/mol.